The van der Waals surface area contributed by atoms with E-state index in [1.54, 1.807) is 0 Å². The molecule has 0 bridgehead atoms. The molecule has 0 aromatic rings. The van der Waals surface area contributed by atoms with Crippen LogP contribution in [-0.4, -0.2) is 39.1 Å². The van der Waals surface area contributed by atoms with Crippen molar-refractivity contribution in [1.82, 2.24) is 0 Å². The minimum absolute atomic E-state index is 0.110. The quantitative estimate of drug-likeness (QED) is 0.220. The number of ether oxygens (including phenoxy) is 2. The van der Waals surface area contributed by atoms with E-state index in [9.17, 15) is 9.59 Å². The van der Waals surface area contributed by atoms with Crippen LogP contribution in [0.1, 0.15) is 125 Å². The normalized spacial score (nSPS) is 42.1. The number of ketones is 1. The smallest absolute Gasteiger partial charge is 0.308 e. The molecule has 1 unspecified atom stereocenters. The summed E-state index contributed by atoms with van der Waals surface area (Å²) >= 11 is 0. The molecule has 5 fully saturated rings. The van der Waals surface area contributed by atoms with Crippen LogP contribution < -0.4 is 0 Å². The van der Waals surface area contributed by atoms with Crippen LogP contribution in [0.15, 0.2) is 0 Å². The lowest BCUT2D eigenvalue weighted by molar-refractivity contribution is -0.187. The van der Waals surface area contributed by atoms with Gasteiger partial charge in [-0.25, -0.2) is 0 Å². The molecular formula is C35H60O5Si. The van der Waals surface area contributed by atoms with Crippen LogP contribution in [0.4, 0.5) is 0 Å². The van der Waals surface area contributed by atoms with E-state index in [0.29, 0.717) is 54.5 Å². The molecule has 1 aliphatic heterocycles. The maximum absolute atomic E-state index is 14.0. The molecule has 41 heavy (non-hydrogen) atoms. The third-order valence-corrected chi connectivity index (χ3v) is 18.2. The predicted molar refractivity (Wildman–Crippen MR) is 166 cm³/mol. The molecule has 5 aliphatic rings. The van der Waals surface area contributed by atoms with Gasteiger partial charge in [-0.3, -0.25) is 9.59 Å². The number of Topliss-reactive ketones (excluding diaryl/α,β-unsaturated/α-hetero) is 1. The van der Waals surface area contributed by atoms with Gasteiger partial charge in [0, 0.05) is 31.3 Å². The molecule has 4 aliphatic carbocycles. The molecule has 4 saturated carbocycles. The van der Waals surface area contributed by atoms with Gasteiger partial charge in [-0.05, 0) is 123 Å². The van der Waals surface area contributed by atoms with Crippen molar-refractivity contribution < 1.29 is 23.5 Å². The summed E-state index contributed by atoms with van der Waals surface area (Å²) in [5, 5.41) is 0.218. The number of fused-ring (bicyclic) bond motifs is 5. The maximum Gasteiger partial charge on any atom is 0.308 e. The highest BCUT2D eigenvalue weighted by atomic mass is 28.4. The molecule has 0 aromatic carbocycles. The first-order chi connectivity index (χ1) is 19.2. The monoisotopic (exact) mass is 588 g/mol. The molecule has 0 aromatic heterocycles. The number of hydrogen-bond acceptors (Lipinski definition) is 5. The molecule has 5 nitrogen and oxygen atoms in total. The van der Waals surface area contributed by atoms with Gasteiger partial charge < -0.3 is 13.9 Å². The molecular weight excluding hydrogens is 528 g/mol. The van der Waals surface area contributed by atoms with Crippen molar-refractivity contribution >= 4 is 20.1 Å². The van der Waals surface area contributed by atoms with Crippen LogP contribution in [0.25, 0.3) is 0 Å². The summed E-state index contributed by atoms with van der Waals surface area (Å²) in [7, 11) is -1.82. The van der Waals surface area contributed by atoms with Crippen molar-refractivity contribution in [2.75, 3.05) is 6.61 Å². The largest absolute Gasteiger partial charge is 0.436 e. The van der Waals surface area contributed by atoms with Crippen LogP contribution in [0.3, 0.4) is 0 Å². The van der Waals surface area contributed by atoms with E-state index in [1.807, 2.05) is 0 Å². The summed E-state index contributed by atoms with van der Waals surface area (Å²) in [6, 6.07) is 0. The average Bonchev–Trinajstić information content (AvgIpc) is 3.25. The molecule has 1 saturated heterocycles. The molecule has 0 N–H and O–H groups in total. The fourth-order valence-corrected chi connectivity index (χ4v) is 11.5. The van der Waals surface area contributed by atoms with Gasteiger partial charge in [0.15, 0.2) is 8.32 Å². The lowest BCUT2D eigenvalue weighted by Gasteiger charge is -2.61. The molecule has 5 rings (SSSR count). The van der Waals surface area contributed by atoms with Crippen molar-refractivity contribution in [3.63, 3.8) is 0 Å². The highest BCUT2D eigenvalue weighted by molar-refractivity contribution is 6.74. The lowest BCUT2D eigenvalue weighted by atomic mass is 9.44. The first-order valence-corrected chi connectivity index (χ1v) is 20.1. The third kappa shape index (κ3) is 6.01. The Labute approximate surface area is 251 Å². The first-order valence-electron chi connectivity index (χ1n) is 17.2. The molecule has 10 atom stereocenters. The second-order valence-corrected chi connectivity index (χ2v) is 21.7. The molecule has 0 radical (unpaired) electrons. The molecule has 1 heterocycles. The Morgan fingerprint density at radius 1 is 1.02 bits per heavy atom. The summed E-state index contributed by atoms with van der Waals surface area (Å²) in [6.45, 7) is 19.8. The van der Waals surface area contributed by atoms with E-state index in [1.165, 1.54) is 32.1 Å². The van der Waals surface area contributed by atoms with Gasteiger partial charge in [0.2, 0.25) is 6.29 Å². The number of esters is 1. The topological polar surface area (TPSA) is 61.8 Å². The summed E-state index contributed by atoms with van der Waals surface area (Å²) < 4.78 is 18.1. The number of carbonyl (C=O) groups excluding carboxylic acids is 2. The fraction of sp³-hybridized carbons (Fsp3) is 0.943. The van der Waals surface area contributed by atoms with Crippen molar-refractivity contribution in [1.29, 1.82) is 0 Å². The summed E-state index contributed by atoms with van der Waals surface area (Å²) in [6.07, 6.45) is 13.3. The number of rotatable bonds is 7. The molecule has 6 heteroatoms. The van der Waals surface area contributed by atoms with E-state index >= 15 is 0 Å². The van der Waals surface area contributed by atoms with Crippen LogP contribution in [-0.2, 0) is 23.5 Å². The highest BCUT2D eigenvalue weighted by Gasteiger charge is 2.63. The SMILES string of the molecule is C[C@H](CCC(=O)OC1CCCCO1)[C@H]1CC[C@H]2[C@@H]3C(=O)C[C@@H]4C[C@H](O[Si](C)(C)C(C)(C)C)CC[C@]4(C)[C@H]3CC[C@]12C. The Kier molecular flexibility index (Phi) is 9.01. The van der Waals surface area contributed by atoms with Crippen LogP contribution in [0.5, 0.6) is 0 Å². The molecule has 234 valence electrons. The van der Waals surface area contributed by atoms with Crippen LogP contribution >= 0.6 is 0 Å². The minimum atomic E-state index is -1.82. The van der Waals surface area contributed by atoms with E-state index in [0.717, 1.165) is 44.9 Å². The Morgan fingerprint density at radius 2 is 1.73 bits per heavy atom. The Hall–Kier alpha value is -0.723. The van der Waals surface area contributed by atoms with Crippen molar-refractivity contribution in [3.05, 3.63) is 0 Å². The summed E-state index contributed by atoms with van der Waals surface area (Å²) in [4.78, 5) is 26.6. The zero-order valence-electron chi connectivity index (χ0n) is 27.6. The minimum Gasteiger partial charge on any atom is -0.436 e. The van der Waals surface area contributed by atoms with Gasteiger partial charge >= 0.3 is 5.97 Å². The maximum atomic E-state index is 14.0. The zero-order valence-corrected chi connectivity index (χ0v) is 28.6. The standard InChI is InChI=1S/C35H60O5Si/c1-23(12-15-30(37)39-31-11-9-10-20-38-31)26-13-14-27-32-28(17-19-35(26,27)6)34(5)18-16-25(21-24(34)22-29(32)36)40-41(7,8)33(2,3)4/h23-28,31-32H,9-22H2,1-8H3/t23-,24+,25-,26-,27+,28+,31?,32+,34+,35-/m1/s1. The van der Waals surface area contributed by atoms with E-state index in [-0.39, 0.29) is 34.0 Å². The van der Waals surface area contributed by atoms with Gasteiger partial charge in [-0.2, -0.15) is 0 Å². The summed E-state index contributed by atoms with van der Waals surface area (Å²) in [5.74, 6) is 3.24. The van der Waals surface area contributed by atoms with Gasteiger partial charge in [-0.1, -0.05) is 41.5 Å². The lowest BCUT2D eigenvalue weighted by Crippen LogP contribution is -2.58. The van der Waals surface area contributed by atoms with E-state index in [2.05, 4.69) is 54.6 Å². The third-order valence-electron chi connectivity index (χ3n) is 13.7. The average molecular weight is 589 g/mol. The van der Waals surface area contributed by atoms with Gasteiger partial charge in [-0.15, -0.1) is 0 Å². The molecule has 0 spiro atoms. The van der Waals surface area contributed by atoms with Gasteiger partial charge in [0.1, 0.15) is 5.78 Å². The van der Waals surface area contributed by atoms with E-state index < -0.39 is 8.32 Å². The summed E-state index contributed by atoms with van der Waals surface area (Å²) in [5.41, 5.74) is 0.473. The zero-order chi connectivity index (χ0) is 29.8. The van der Waals surface area contributed by atoms with Crippen LogP contribution in [0, 0.1) is 46.3 Å². The fourth-order valence-electron chi connectivity index (χ4n) is 10.1. The van der Waals surface area contributed by atoms with E-state index in [4.69, 9.17) is 13.9 Å². The van der Waals surface area contributed by atoms with Crippen molar-refractivity contribution in [2.24, 2.45) is 46.3 Å². The Bertz CT molecular complexity index is 966. The molecule has 0 amide bonds. The predicted octanol–water partition coefficient (Wildman–Crippen LogP) is 8.70. The highest BCUT2D eigenvalue weighted by Crippen LogP contribution is 2.68. The Balaban J connectivity index is 1.21. The first kappa shape index (κ1) is 31.7. The second-order valence-electron chi connectivity index (χ2n) is 16.9. The van der Waals surface area contributed by atoms with Gasteiger partial charge in [0.05, 0.1) is 6.61 Å². The second kappa shape index (κ2) is 11.7. The number of carbonyl (C=O) groups is 2. The van der Waals surface area contributed by atoms with Crippen molar-refractivity contribution in [2.45, 2.75) is 156 Å². The Morgan fingerprint density at radius 3 is 2.41 bits per heavy atom. The number of hydrogen-bond donors (Lipinski definition) is 0. The van der Waals surface area contributed by atoms with Crippen LogP contribution in [0.2, 0.25) is 18.1 Å². The van der Waals surface area contributed by atoms with Crippen molar-refractivity contribution in [3.8, 4) is 0 Å². The van der Waals surface area contributed by atoms with Gasteiger partial charge in [0.25, 0.3) is 0 Å².